The number of nitrogens with one attached hydrogen (secondary N) is 1. The van der Waals surface area contributed by atoms with Crippen molar-refractivity contribution in [2.75, 3.05) is 6.54 Å². The summed E-state index contributed by atoms with van der Waals surface area (Å²) in [5.41, 5.74) is -0.530. The lowest BCUT2D eigenvalue weighted by atomic mass is 9.83. The van der Waals surface area contributed by atoms with Crippen LogP contribution in [0.25, 0.3) is 0 Å². The molecule has 1 heterocycles. The second-order valence-electron chi connectivity index (χ2n) is 7.60. The SMILES string of the molecule is CCCCC(CN(O)C=O)C(=O)NC(C(=O)c1nccn1C)C(C)(C)C. The van der Waals surface area contributed by atoms with Crippen LogP contribution in [-0.4, -0.2) is 50.5 Å². The van der Waals surface area contributed by atoms with Crippen LogP contribution in [0.15, 0.2) is 12.4 Å². The molecule has 0 saturated heterocycles. The third-order valence-electron chi connectivity index (χ3n) is 4.26. The van der Waals surface area contributed by atoms with Gasteiger partial charge in [0.1, 0.15) is 6.04 Å². The Morgan fingerprint density at radius 3 is 2.54 bits per heavy atom. The minimum absolute atomic E-state index is 0.108. The molecule has 26 heavy (non-hydrogen) atoms. The van der Waals surface area contributed by atoms with Gasteiger partial charge in [-0.25, -0.2) is 10.0 Å². The molecule has 0 bridgehead atoms. The van der Waals surface area contributed by atoms with Crippen molar-refractivity contribution in [2.45, 2.75) is 53.0 Å². The van der Waals surface area contributed by atoms with Crippen molar-refractivity contribution in [1.82, 2.24) is 19.9 Å². The van der Waals surface area contributed by atoms with Crippen LogP contribution in [0.1, 0.15) is 57.6 Å². The zero-order valence-corrected chi connectivity index (χ0v) is 16.2. The van der Waals surface area contributed by atoms with Gasteiger partial charge >= 0.3 is 0 Å². The van der Waals surface area contributed by atoms with Crippen molar-refractivity contribution in [3.05, 3.63) is 18.2 Å². The van der Waals surface area contributed by atoms with Gasteiger partial charge in [-0.2, -0.15) is 0 Å². The third-order valence-corrected chi connectivity index (χ3v) is 4.26. The molecule has 0 fully saturated rings. The summed E-state index contributed by atoms with van der Waals surface area (Å²) in [7, 11) is 1.72. The summed E-state index contributed by atoms with van der Waals surface area (Å²) in [6.07, 6.45) is 5.65. The van der Waals surface area contributed by atoms with Crippen LogP contribution in [0.4, 0.5) is 0 Å². The summed E-state index contributed by atoms with van der Waals surface area (Å²) >= 11 is 0. The molecule has 0 aliphatic heterocycles. The second kappa shape index (κ2) is 9.47. The number of Topliss-reactive ketones (excluding diaryl/α,β-unsaturated/α-hetero) is 1. The summed E-state index contributed by atoms with van der Waals surface area (Å²) in [4.78, 5) is 40.5. The van der Waals surface area contributed by atoms with Gasteiger partial charge < -0.3 is 9.88 Å². The normalized spacial score (nSPS) is 13.8. The van der Waals surface area contributed by atoms with E-state index in [9.17, 15) is 19.6 Å². The lowest BCUT2D eigenvalue weighted by Crippen LogP contribution is -2.52. The second-order valence-corrected chi connectivity index (χ2v) is 7.60. The lowest BCUT2D eigenvalue weighted by Gasteiger charge is -2.31. The Kier molecular flexibility index (Phi) is 7.95. The van der Waals surface area contributed by atoms with E-state index in [0.717, 1.165) is 12.8 Å². The number of hydrogen-bond acceptors (Lipinski definition) is 5. The first-order valence-electron chi connectivity index (χ1n) is 8.84. The van der Waals surface area contributed by atoms with E-state index in [1.54, 1.807) is 17.8 Å². The first-order chi connectivity index (χ1) is 12.1. The molecule has 2 unspecified atom stereocenters. The van der Waals surface area contributed by atoms with Gasteiger partial charge in [0.05, 0.1) is 12.5 Å². The van der Waals surface area contributed by atoms with E-state index in [0.29, 0.717) is 11.5 Å². The molecule has 1 rings (SSSR count). The monoisotopic (exact) mass is 366 g/mol. The van der Waals surface area contributed by atoms with E-state index in [1.165, 1.54) is 6.20 Å². The van der Waals surface area contributed by atoms with Gasteiger partial charge in [-0.05, 0) is 11.8 Å². The number of carbonyl (C=O) groups is 3. The summed E-state index contributed by atoms with van der Waals surface area (Å²) in [6, 6.07) is -0.774. The molecule has 0 radical (unpaired) electrons. The van der Waals surface area contributed by atoms with Crippen molar-refractivity contribution < 1.29 is 19.6 Å². The van der Waals surface area contributed by atoms with Crippen molar-refractivity contribution >= 4 is 18.1 Å². The molecule has 0 aliphatic carbocycles. The maximum Gasteiger partial charge on any atom is 0.233 e. The highest BCUT2D eigenvalue weighted by atomic mass is 16.5. The van der Waals surface area contributed by atoms with Crippen LogP contribution in [0.2, 0.25) is 0 Å². The molecule has 0 aliphatic rings. The summed E-state index contributed by atoms with van der Waals surface area (Å²) in [5, 5.41) is 12.8. The van der Waals surface area contributed by atoms with Gasteiger partial charge in [0.2, 0.25) is 18.1 Å². The van der Waals surface area contributed by atoms with Gasteiger partial charge in [-0.3, -0.25) is 19.6 Å². The standard InChI is InChI=1S/C18H30N4O4/c1-6-7-8-13(11-22(26)12-23)17(25)20-15(18(2,3)4)14(24)16-19-9-10-21(16)5/h9-10,12-13,15,26H,6-8,11H2,1-5H3,(H,20,25). The topological polar surface area (TPSA) is 105 Å². The lowest BCUT2D eigenvalue weighted by molar-refractivity contribution is -0.154. The number of hydroxylamine groups is 2. The largest absolute Gasteiger partial charge is 0.345 e. The number of carbonyl (C=O) groups excluding carboxylic acids is 3. The summed E-state index contributed by atoms with van der Waals surface area (Å²) in [5.74, 6) is -0.957. The number of amides is 2. The molecule has 1 aromatic heterocycles. The van der Waals surface area contributed by atoms with E-state index in [1.807, 2.05) is 27.7 Å². The van der Waals surface area contributed by atoms with Crippen LogP contribution < -0.4 is 5.32 Å². The zero-order chi connectivity index (χ0) is 19.9. The van der Waals surface area contributed by atoms with Gasteiger partial charge in [0, 0.05) is 19.4 Å². The van der Waals surface area contributed by atoms with Gasteiger partial charge in [-0.1, -0.05) is 40.5 Å². The molecular formula is C18H30N4O4. The predicted octanol–water partition coefficient (Wildman–Crippen LogP) is 1.79. The van der Waals surface area contributed by atoms with Crippen LogP contribution in [-0.2, 0) is 16.6 Å². The molecule has 8 nitrogen and oxygen atoms in total. The first kappa shape index (κ1) is 21.8. The van der Waals surface area contributed by atoms with E-state index < -0.39 is 17.4 Å². The van der Waals surface area contributed by atoms with E-state index in [-0.39, 0.29) is 30.5 Å². The Balaban J connectivity index is 3.00. The van der Waals surface area contributed by atoms with Crippen LogP contribution in [0.3, 0.4) is 0 Å². The number of unbranched alkanes of at least 4 members (excludes halogenated alkanes) is 1. The van der Waals surface area contributed by atoms with Gasteiger partial charge in [0.25, 0.3) is 0 Å². The average molecular weight is 366 g/mol. The minimum atomic E-state index is -0.774. The van der Waals surface area contributed by atoms with Crippen molar-refractivity contribution in [3.8, 4) is 0 Å². The molecule has 0 spiro atoms. The molecule has 0 aromatic carbocycles. The number of aromatic nitrogens is 2. The summed E-state index contributed by atoms with van der Waals surface area (Å²) < 4.78 is 1.61. The molecule has 0 saturated carbocycles. The summed E-state index contributed by atoms with van der Waals surface area (Å²) in [6.45, 7) is 7.48. The molecule has 2 atom stereocenters. The van der Waals surface area contributed by atoms with E-state index in [4.69, 9.17) is 0 Å². The molecule has 146 valence electrons. The maximum absolute atomic E-state index is 12.9. The third kappa shape index (κ3) is 5.94. The van der Waals surface area contributed by atoms with Crippen LogP contribution in [0, 0.1) is 11.3 Å². The smallest absolute Gasteiger partial charge is 0.233 e. The molecule has 1 aromatic rings. The predicted molar refractivity (Wildman–Crippen MR) is 96.5 cm³/mol. The fourth-order valence-electron chi connectivity index (χ4n) is 2.69. The number of nitrogens with zero attached hydrogens (tertiary/aromatic N) is 3. The van der Waals surface area contributed by atoms with Crippen molar-refractivity contribution in [3.63, 3.8) is 0 Å². The molecule has 8 heteroatoms. The highest BCUT2D eigenvalue weighted by Gasteiger charge is 2.36. The van der Waals surface area contributed by atoms with Crippen molar-refractivity contribution in [2.24, 2.45) is 18.4 Å². The first-order valence-corrected chi connectivity index (χ1v) is 8.84. The number of ketones is 1. The molecule has 2 amide bonds. The Morgan fingerprint density at radius 2 is 2.08 bits per heavy atom. The van der Waals surface area contributed by atoms with Gasteiger partial charge in [-0.15, -0.1) is 0 Å². The number of rotatable bonds is 10. The maximum atomic E-state index is 12.9. The Hall–Kier alpha value is -2.22. The van der Waals surface area contributed by atoms with Crippen molar-refractivity contribution in [1.29, 1.82) is 0 Å². The number of hydrogen-bond donors (Lipinski definition) is 2. The molecular weight excluding hydrogens is 336 g/mol. The fourth-order valence-corrected chi connectivity index (χ4v) is 2.69. The van der Waals surface area contributed by atoms with E-state index >= 15 is 0 Å². The quantitative estimate of drug-likeness (QED) is 0.284. The number of imidazole rings is 1. The average Bonchev–Trinajstić information content (AvgIpc) is 3.00. The highest BCUT2D eigenvalue weighted by molar-refractivity contribution is 6.00. The Labute approximate surface area is 154 Å². The fraction of sp³-hybridized carbons (Fsp3) is 0.667. The van der Waals surface area contributed by atoms with Gasteiger partial charge in [0.15, 0.2) is 5.82 Å². The highest BCUT2D eigenvalue weighted by Crippen LogP contribution is 2.23. The van der Waals surface area contributed by atoms with Crippen LogP contribution >= 0.6 is 0 Å². The number of aryl methyl sites for hydroxylation is 1. The zero-order valence-electron chi connectivity index (χ0n) is 16.2. The Bertz CT molecular complexity index is 621. The molecule has 2 N–H and O–H groups in total. The Morgan fingerprint density at radius 1 is 1.42 bits per heavy atom. The minimum Gasteiger partial charge on any atom is -0.345 e. The van der Waals surface area contributed by atoms with Crippen LogP contribution in [0.5, 0.6) is 0 Å². The van der Waals surface area contributed by atoms with E-state index in [2.05, 4.69) is 10.3 Å².